The van der Waals surface area contributed by atoms with E-state index in [9.17, 15) is 9.59 Å². The molecular formula is C26H23ClN2O3. The van der Waals surface area contributed by atoms with Crippen molar-refractivity contribution in [2.24, 2.45) is 7.05 Å². The van der Waals surface area contributed by atoms with Crippen LogP contribution in [0.3, 0.4) is 0 Å². The second-order valence-corrected chi connectivity index (χ2v) is 8.01. The highest BCUT2D eigenvalue weighted by atomic mass is 35.5. The maximum atomic E-state index is 13.3. The number of fused-ring (bicyclic) bond motifs is 1. The van der Waals surface area contributed by atoms with Gasteiger partial charge in [0.2, 0.25) is 0 Å². The van der Waals surface area contributed by atoms with Crippen molar-refractivity contribution in [2.45, 2.75) is 13.8 Å². The van der Waals surface area contributed by atoms with Crippen molar-refractivity contribution in [3.8, 4) is 5.69 Å². The van der Waals surface area contributed by atoms with Gasteiger partial charge in [-0.25, -0.2) is 4.79 Å². The van der Waals surface area contributed by atoms with E-state index < -0.39 is 5.97 Å². The number of carbonyl (C=O) groups is 1. The van der Waals surface area contributed by atoms with Gasteiger partial charge in [-0.15, -0.1) is 0 Å². The molecule has 0 atom stereocenters. The standard InChI is InChI=1S/C26H23ClN2O3/c1-5-32-26(31)23-14-20-21(17(3)18-10-12-19(27)13-11-18)15-28(4)25(30)24(20)29(23)22-9-7-6-8-16(22)2/h6-15H,3,5H2,1-2,4H3. The molecule has 0 saturated carbocycles. The minimum atomic E-state index is -0.489. The monoisotopic (exact) mass is 446 g/mol. The van der Waals surface area contributed by atoms with E-state index in [-0.39, 0.29) is 12.2 Å². The number of hydrogen-bond acceptors (Lipinski definition) is 3. The zero-order chi connectivity index (χ0) is 23.0. The highest BCUT2D eigenvalue weighted by Crippen LogP contribution is 2.32. The van der Waals surface area contributed by atoms with Gasteiger partial charge in [0.25, 0.3) is 5.56 Å². The van der Waals surface area contributed by atoms with Crippen LogP contribution >= 0.6 is 11.6 Å². The summed E-state index contributed by atoms with van der Waals surface area (Å²) in [5.74, 6) is -0.489. The van der Waals surface area contributed by atoms with Crippen LogP contribution in [0.15, 0.2) is 72.2 Å². The number of hydrogen-bond donors (Lipinski definition) is 0. The fourth-order valence-corrected chi connectivity index (χ4v) is 4.01. The second kappa shape index (κ2) is 8.52. The predicted molar refractivity (Wildman–Crippen MR) is 129 cm³/mol. The Labute approximate surface area is 191 Å². The minimum Gasteiger partial charge on any atom is -0.461 e. The van der Waals surface area contributed by atoms with Gasteiger partial charge in [0.1, 0.15) is 11.2 Å². The van der Waals surface area contributed by atoms with E-state index in [4.69, 9.17) is 16.3 Å². The summed E-state index contributed by atoms with van der Waals surface area (Å²) in [5.41, 5.74) is 4.50. The fraction of sp³-hybridized carbons (Fsp3) is 0.154. The van der Waals surface area contributed by atoms with Crippen LogP contribution in [0.25, 0.3) is 22.2 Å². The van der Waals surface area contributed by atoms with Crippen LogP contribution in [-0.2, 0) is 11.8 Å². The lowest BCUT2D eigenvalue weighted by atomic mass is 9.98. The van der Waals surface area contributed by atoms with E-state index in [2.05, 4.69) is 6.58 Å². The first-order valence-corrected chi connectivity index (χ1v) is 10.6. The van der Waals surface area contributed by atoms with Crippen molar-refractivity contribution in [2.75, 3.05) is 6.61 Å². The summed E-state index contributed by atoms with van der Waals surface area (Å²) in [5, 5.41) is 1.27. The van der Waals surface area contributed by atoms with Gasteiger partial charge in [0.15, 0.2) is 0 Å². The maximum absolute atomic E-state index is 13.3. The molecule has 32 heavy (non-hydrogen) atoms. The summed E-state index contributed by atoms with van der Waals surface area (Å²) in [6, 6.07) is 16.7. The van der Waals surface area contributed by atoms with E-state index in [0.29, 0.717) is 21.6 Å². The summed E-state index contributed by atoms with van der Waals surface area (Å²) in [4.78, 5) is 26.2. The first-order valence-electron chi connectivity index (χ1n) is 10.3. The molecular weight excluding hydrogens is 424 g/mol. The van der Waals surface area contributed by atoms with E-state index >= 15 is 0 Å². The van der Waals surface area contributed by atoms with Gasteiger partial charge in [0, 0.05) is 34.9 Å². The lowest BCUT2D eigenvalue weighted by Crippen LogP contribution is -2.21. The Bertz CT molecular complexity index is 1410. The third kappa shape index (κ3) is 3.65. The number of esters is 1. The Kier molecular flexibility index (Phi) is 5.76. The molecule has 0 unspecified atom stereocenters. The van der Waals surface area contributed by atoms with E-state index in [1.54, 1.807) is 42.9 Å². The van der Waals surface area contributed by atoms with E-state index in [1.807, 2.05) is 43.3 Å². The third-order valence-corrected chi connectivity index (χ3v) is 5.75. The topological polar surface area (TPSA) is 53.2 Å². The molecule has 0 spiro atoms. The maximum Gasteiger partial charge on any atom is 0.355 e. The van der Waals surface area contributed by atoms with Crippen molar-refractivity contribution in [1.82, 2.24) is 9.13 Å². The largest absolute Gasteiger partial charge is 0.461 e. The Morgan fingerprint density at radius 1 is 1.12 bits per heavy atom. The highest BCUT2D eigenvalue weighted by molar-refractivity contribution is 6.30. The molecule has 0 aliphatic carbocycles. The average Bonchev–Trinajstić information content (AvgIpc) is 3.17. The normalized spacial score (nSPS) is 11.0. The van der Waals surface area contributed by atoms with E-state index in [0.717, 1.165) is 28.0 Å². The van der Waals surface area contributed by atoms with Gasteiger partial charge in [-0.2, -0.15) is 0 Å². The Morgan fingerprint density at radius 3 is 2.47 bits per heavy atom. The number of aromatic nitrogens is 2. The van der Waals surface area contributed by atoms with Gasteiger partial charge in [-0.1, -0.05) is 48.5 Å². The number of halogens is 1. The molecule has 5 nitrogen and oxygen atoms in total. The van der Waals surface area contributed by atoms with Crippen LogP contribution in [0, 0.1) is 6.92 Å². The van der Waals surface area contributed by atoms with Crippen LogP contribution in [-0.4, -0.2) is 21.7 Å². The Morgan fingerprint density at radius 2 is 1.81 bits per heavy atom. The van der Waals surface area contributed by atoms with Crippen molar-refractivity contribution in [3.63, 3.8) is 0 Å². The second-order valence-electron chi connectivity index (χ2n) is 7.58. The van der Waals surface area contributed by atoms with Crippen LogP contribution < -0.4 is 5.56 Å². The smallest absolute Gasteiger partial charge is 0.355 e. The number of benzene rings is 2. The quantitative estimate of drug-likeness (QED) is 0.379. The number of aryl methyl sites for hydroxylation is 2. The number of para-hydroxylation sites is 1. The van der Waals surface area contributed by atoms with Crippen LogP contribution in [0.1, 0.15) is 34.1 Å². The summed E-state index contributed by atoms with van der Waals surface area (Å²) < 4.78 is 8.54. The molecule has 0 N–H and O–H groups in total. The van der Waals surface area contributed by atoms with Gasteiger partial charge in [-0.3, -0.25) is 9.36 Å². The first-order chi connectivity index (χ1) is 15.3. The van der Waals surface area contributed by atoms with Gasteiger partial charge in [0.05, 0.1) is 6.61 Å². The number of rotatable bonds is 5. The third-order valence-electron chi connectivity index (χ3n) is 5.50. The summed E-state index contributed by atoms with van der Waals surface area (Å²) in [7, 11) is 1.69. The lowest BCUT2D eigenvalue weighted by Gasteiger charge is -2.14. The molecule has 6 heteroatoms. The van der Waals surface area contributed by atoms with Crippen molar-refractivity contribution in [3.05, 3.63) is 105 Å². The van der Waals surface area contributed by atoms with Gasteiger partial charge in [-0.05, 0) is 54.8 Å². The molecule has 0 aliphatic heterocycles. The first kappa shape index (κ1) is 21.7. The zero-order valence-electron chi connectivity index (χ0n) is 18.2. The summed E-state index contributed by atoms with van der Waals surface area (Å²) in [6.45, 7) is 8.20. The number of nitrogens with zero attached hydrogens (tertiary/aromatic N) is 2. The van der Waals surface area contributed by atoms with Crippen molar-refractivity contribution in [1.29, 1.82) is 0 Å². The summed E-state index contributed by atoms with van der Waals surface area (Å²) in [6.07, 6.45) is 1.75. The molecule has 4 rings (SSSR count). The van der Waals surface area contributed by atoms with E-state index in [1.165, 1.54) is 4.57 Å². The van der Waals surface area contributed by atoms with Gasteiger partial charge >= 0.3 is 5.97 Å². The van der Waals surface area contributed by atoms with Crippen LogP contribution in [0.2, 0.25) is 5.02 Å². The minimum absolute atomic E-state index is 0.216. The van der Waals surface area contributed by atoms with Crippen molar-refractivity contribution < 1.29 is 9.53 Å². The molecule has 2 aromatic heterocycles. The van der Waals surface area contributed by atoms with Gasteiger partial charge < -0.3 is 9.30 Å². The molecule has 0 bridgehead atoms. The molecule has 162 valence electrons. The number of pyridine rings is 1. The molecule has 2 aromatic carbocycles. The molecule has 0 saturated heterocycles. The number of ether oxygens (including phenoxy) is 1. The molecule has 0 fully saturated rings. The SMILES string of the molecule is C=C(c1ccc(Cl)cc1)c1cn(C)c(=O)c2c1cc(C(=O)OCC)n2-c1ccccc1C. The number of carbonyl (C=O) groups excluding carboxylic acids is 1. The Balaban J connectivity index is 2.08. The Hall–Kier alpha value is -3.57. The van der Waals surface area contributed by atoms with Crippen LogP contribution in [0.5, 0.6) is 0 Å². The fourth-order valence-electron chi connectivity index (χ4n) is 3.88. The molecule has 2 heterocycles. The predicted octanol–water partition coefficient (Wildman–Crippen LogP) is 5.53. The molecule has 0 amide bonds. The van der Waals surface area contributed by atoms with Crippen molar-refractivity contribution >= 4 is 34.0 Å². The average molecular weight is 447 g/mol. The lowest BCUT2D eigenvalue weighted by molar-refractivity contribution is 0.0517. The summed E-state index contributed by atoms with van der Waals surface area (Å²) >= 11 is 6.04. The zero-order valence-corrected chi connectivity index (χ0v) is 18.9. The molecule has 0 radical (unpaired) electrons. The van der Waals surface area contributed by atoms with Crippen LogP contribution in [0.4, 0.5) is 0 Å². The molecule has 0 aliphatic rings. The molecule has 4 aromatic rings. The highest BCUT2D eigenvalue weighted by Gasteiger charge is 2.24.